The lowest BCUT2D eigenvalue weighted by Gasteiger charge is -2.16. The van der Waals surface area contributed by atoms with Crippen LogP contribution in [0.4, 0.5) is 0 Å². The predicted octanol–water partition coefficient (Wildman–Crippen LogP) is 3.97. The summed E-state index contributed by atoms with van der Waals surface area (Å²) in [5, 5.41) is 5.11. The Labute approximate surface area is 123 Å². The van der Waals surface area contributed by atoms with Gasteiger partial charge in [0.05, 0.1) is 13.0 Å². The highest BCUT2D eigenvalue weighted by atomic mass is 35.5. The highest BCUT2D eigenvalue weighted by molar-refractivity contribution is 8.13. The largest absolute Gasteiger partial charge is 0.496 e. The van der Waals surface area contributed by atoms with Gasteiger partial charge in [-0.25, -0.2) is 0 Å². The third-order valence-corrected chi connectivity index (χ3v) is 4.64. The van der Waals surface area contributed by atoms with Crippen molar-refractivity contribution in [1.82, 2.24) is 0 Å². The van der Waals surface area contributed by atoms with Crippen LogP contribution >= 0.6 is 23.4 Å². The minimum atomic E-state index is -0.334. The molecule has 1 aromatic carbocycles. The van der Waals surface area contributed by atoms with E-state index in [4.69, 9.17) is 21.2 Å². The van der Waals surface area contributed by atoms with Crippen molar-refractivity contribution in [2.45, 2.75) is 31.6 Å². The molecule has 0 radical (unpaired) electrons. The van der Waals surface area contributed by atoms with Gasteiger partial charge < -0.3 is 9.57 Å². The highest BCUT2D eigenvalue weighted by Gasteiger charge is 2.33. The van der Waals surface area contributed by atoms with Gasteiger partial charge in [0.25, 0.3) is 0 Å². The van der Waals surface area contributed by atoms with Gasteiger partial charge in [-0.15, -0.1) is 23.4 Å². The fraction of sp³-hybridized carbons (Fsp3) is 0.500. The molecule has 1 aliphatic heterocycles. The molecular formula is C14H18ClNO2S. The number of rotatable bonds is 4. The fourth-order valence-corrected chi connectivity index (χ4v) is 3.05. The zero-order valence-corrected chi connectivity index (χ0v) is 13.0. The van der Waals surface area contributed by atoms with E-state index >= 15 is 0 Å². The Bertz CT molecular complexity index is 492. The first-order chi connectivity index (χ1) is 9.06. The van der Waals surface area contributed by atoms with E-state index in [1.54, 1.807) is 18.9 Å². The van der Waals surface area contributed by atoms with Gasteiger partial charge in [-0.3, -0.25) is 0 Å². The topological polar surface area (TPSA) is 30.8 Å². The smallest absolute Gasteiger partial charge is 0.154 e. The van der Waals surface area contributed by atoms with Gasteiger partial charge >= 0.3 is 0 Å². The zero-order valence-electron chi connectivity index (χ0n) is 11.4. The van der Waals surface area contributed by atoms with Crippen LogP contribution in [0.25, 0.3) is 0 Å². The number of hydrogen-bond acceptors (Lipinski definition) is 4. The SMILES string of the molecule is COc1ccc(CSC2=NOC(C)(CCl)C2)cc1C. The molecule has 5 heteroatoms. The standard InChI is InChI=1S/C14H18ClNO2S/c1-10-6-11(4-5-12(10)17-3)8-19-13-7-14(2,9-15)18-16-13/h4-6H,7-9H2,1-3H3. The molecule has 1 aliphatic rings. The summed E-state index contributed by atoms with van der Waals surface area (Å²) in [5.41, 5.74) is 2.07. The first kappa shape index (κ1) is 14.5. The maximum absolute atomic E-state index is 5.86. The number of alkyl halides is 1. The van der Waals surface area contributed by atoms with Crippen molar-refractivity contribution < 1.29 is 9.57 Å². The van der Waals surface area contributed by atoms with E-state index in [-0.39, 0.29) is 5.60 Å². The molecule has 0 aromatic heterocycles. The molecule has 0 amide bonds. The number of ether oxygens (including phenoxy) is 1. The van der Waals surface area contributed by atoms with Gasteiger partial charge in [0.15, 0.2) is 5.60 Å². The maximum atomic E-state index is 5.86. The van der Waals surface area contributed by atoms with E-state index in [0.717, 1.165) is 28.5 Å². The van der Waals surface area contributed by atoms with Crippen LogP contribution in [0.5, 0.6) is 5.75 Å². The van der Waals surface area contributed by atoms with E-state index in [0.29, 0.717) is 5.88 Å². The molecule has 104 valence electrons. The van der Waals surface area contributed by atoms with E-state index in [2.05, 4.69) is 17.3 Å². The van der Waals surface area contributed by atoms with Crippen LogP contribution in [0.2, 0.25) is 0 Å². The Hall–Kier alpha value is -0.870. The molecule has 1 aromatic rings. The van der Waals surface area contributed by atoms with Crippen LogP contribution in [0.3, 0.4) is 0 Å². The number of halogens is 1. The first-order valence-electron chi connectivity index (χ1n) is 6.13. The second kappa shape index (κ2) is 6.06. The normalized spacial score (nSPS) is 22.0. The summed E-state index contributed by atoms with van der Waals surface area (Å²) in [4.78, 5) is 5.37. The van der Waals surface area contributed by atoms with Crippen molar-refractivity contribution >= 4 is 28.4 Å². The third-order valence-electron chi connectivity index (χ3n) is 3.04. The molecule has 0 saturated heterocycles. The van der Waals surface area contributed by atoms with Crippen molar-refractivity contribution in [3.63, 3.8) is 0 Å². The van der Waals surface area contributed by atoms with Gasteiger partial charge in [0.1, 0.15) is 10.8 Å². The van der Waals surface area contributed by atoms with Gasteiger partial charge in [-0.2, -0.15) is 0 Å². The monoisotopic (exact) mass is 299 g/mol. The number of oxime groups is 1. The van der Waals surface area contributed by atoms with Gasteiger partial charge in [-0.1, -0.05) is 17.3 Å². The van der Waals surface area contributed by atoms with Gasteiger partial charge in [0, 0.05) is 12.2 Å². The Morgan fingerprint density at radius 2 is 2.32 bits per heavy atom. The molecule has 1 unspecified atom stereocenters. The quantitative estimate of drug-likeness (QED) is 0.788. The lowest BCUT2D eigenvalue weighted by molar-refractivity contribution is 0.0152. The molecule has 0 spiro atoms. The average Bonchev–Trinajstić information content (AvgIpc) is 2.79. The predicted molar refractivity (Wildman–Crippen MR) is 81.3 cm³/mol. The number of aryl methyl sites for hydroxylation is 1. The number of hydrogen-bond donors (Lipinski definition) is 0. The molecule has 0 N–H and O–H groups in total. The van der Waals surface area contributed by atoms with Crippen molar-refractivity contribution in [1.29, 1.82) is 0 Å². The van der Waals surface area contributed by atoms with Crippen molar-refractivity contribution in [2.24, 2.45) is 5.16 Å². The second-order valence-corrected chi connectivity index (χ2v) is 6.25. The second-order valence-electron chi connectivity index (χ2n) is 4.93. The minimum absolute atomic E-state index is 0.334. The van der Waals surface area contributed by atoms with Crippen LogP contribution in [0.1, 0.15) is 24.5 Å². The van der Waals surface area contributed by atoms with Crippen LogP contribution in [-0.2, 0) is 10.6 Å². The molecule has 1 heterocycles. The number of thioether (sulfide) groups is 1. The highest BCUT2D eigenvalue weighted by Crippen LogP contribution is 2.31. The molecule has 0 bridgehead atoms. The average molecular weight is 300 g/mol. The summed E-state index contributed by atoms with van der Waals surface area (Å²) in [5.74, 6) is 2.26. The summed E-state index contributed by atoms with van der Waals surface area (Å²) in [6.07, 6.45) is 0.788. The molecule has 1 atom stereocenters. The molecule has 2 rings (SSSR count). The van der Waals surface area contributed by atoms with Crippen LogP contribution in [-0.4, -0.2) is 23.6 Å². The van der Waals surface area contributed by atoms with Crippen molar-refractivity contribution in [3.8, 4) is 5.75 Å². The number of nitrogens with zero attached hydrogens (tertiary/aromatic N) is 1. The zero-order chi connectivity index (χ0) is 13.9. The summed E-state index contributed by atoms with van der Waals surface area (Å²) >= 11 is 7.57. The Morgan fingerprint density at radius 1 is 1.53 bits per heavy atom. The van der Waals surface area contributed by atoms with Crippen LogP contribution in [0.15, 0.2) is 23.4 Å². The molecule has 3 nitrogen and oxygen atoms in total. The molecule has 0 fully saturated rings. The molecule has 0 saturated carbocycles. The Morgan fingerprint density at radius 3 is 2.89 bits per heavy atom. The van der Waals surface area contributed by atoms with Crippen molar-refractivity contribution in [2.75, 3.05) is 13.0 Å². The van der Waals surface area contributed by atoms with E-state index in [1.807, 2.05) is 19.9 Å². The fourth-order valence-electron chi connectivity index (χ4n) is 1.89. The molecule has 0 aliphatic carbocycles. The summed E-state index contributed by atoms with van der Waals surface area (Å²) in [6.45, 7) is 4.03. The van der Waals surface area contributed by atoms with E-state index < -0.39 is 0 Å². The van der Waals surface area contributed by atoms with Crippen LogP contribution in [0, 0.1) is 6.92 Å². The maximum Gasteiger partial charge on any atom is 0.154 e. The Balaban J connectivity index is 1.92. The van der Waals surface area contributed by atoms with Gasteiger partial charge in [0.2, 0.25) is 0 Å². The summed E-state index contributed by atoms with van der Waals surface area (Å²) in [7, 11) is 1.69. The first-order valence-corrected chi connectivity index (χ1v) is 7.66. The third kappa shape index (κ3) is 3.57. The van der Waals surface area contributed by atoms with Gasteiger partial charge in [-0.05, 0) is 31.0 Å². The lowest BCUT2D eigenvalue weighted by Crippen LogP contribution is -2.26. The Kier molecular flexibility index (Phi) is 4.63. The van der Waals surface area contributed by atoms with E-state index in [9.17, 15) is 0 Å². The lowest BCUT2D eigenvalue weighted by atomic mass is 10.1. The van der Waals surface area contributed by atoms with E-state index in [1.165, 1.54) is 5.56 Å². The number of benzene rings is 1. The molecular weight excluding hydrogens is 282 g/mol. The van der Waals surface area contributed by atoms with Crippen LogP contribution < -0.4 is 4.74 Å². The molecule has 19 heavy (non-hydrogen) atoms. The summed E-state index contributed by atoms with van der Waals surface area (Å²) < 4.78 is 5.25. The minimum Gasteiger partial charge on any atom is -0.496 e. The summed E-state index contributed by atoms with van der Waals surface area (Å²) in [6, 6.07) is 6.22. The number of methoxy groups -OCH3 is 1. The van der Waals surface area contributed by atoms with Crippen molar-refractivity contribution in [3.05, 3.63) is 29.3 Å².